The van der Waals surface area contributed by atoms with Crippen molar-refractivity contribution in [2.24, 2.45) is 18.0 Å². The topological polar surface area (TPSA) is 83.8 Å². The third-order valence-electron chi connectivity index (χ3n) is 3.97. The zero-order chi connectivity index (χ0) is 15.2. The summed E-state index contributed by atoms with van der Waals surface area (Å²) >= 11 is 1.32. The Bertz CT molecular complexity index is 688. The van der Waals surface area contributed by atoms with Crippen LogP contribution < -0.4 is 10.1 Å². The number of hydrogen-bond donors (Lipinski definition) is 1. The van der Waals surface area contributed by atoms with Gasteiger partial charge in [-0.25, -0.2) is 4.79 Å². The van der Waals surface area contributed by atoms with Gasteiger partial charge in [-0.3, -0.25) is 14.5 Å². The van der Waals surface area contributed by atoms with Gasteiger partial charge in [0, 0.05) is 18.6 Å². The quantitative estimate of drug-likeness (QED) is 0.812. The van der Waals surface area contributed by atoms with Crippen LogP contribution in [0.2, 0.25) is 0 Å². The van der Waals surface area contributed by atoms with Crippen LogP contribution in [0.1, 0.15) is 19.8 Å². The Kier molecular flexibility index (Phi) is 3.20. The number of imide groups is 1. The number of thiazole rings is 1. The van der Waals surface area contributed by atoms with Gasteiger partial charge in [0.15, 0.2) is 4.80 Å². The van der Waals surface area contributed by atoms with Crippen molar-refractivity contribution in [1.82, 2.24) is 14.8 Å². The SMILES string of the molecule is Cn1ccsc1=NC(=O)CN1C(=O)NC(C)(C2CC2)C1=O. The predicted molar refractivity (Wildman–Crippen MR) is 75.2 cm³/mol. The van der Waals surface area contributed by atoms with Gasteiger partial charge in [-0.1, -0.05) is 0 Å². The van der Waals surface area contributed by atoms with Crippen LogP contribution in [0.5, 0.6) is 0 Å². The van der Waals surface area contributed by atoms with E-state index >= 15 is 0 Å². The molecule has 2 aliphatic rings. The lowest BCUT2D eigenvalue weighted by Gasteiger charge is -2.20. The lowest BCUT2D eigenvalue weighted by Crippen LogP contribution is -2.46. The molecule has 0 bridgehead atoms. The molecule has 1 atom stereocenters. The number of aryl methyl sites for hydroxylation is 1. The lowest BCUT2D eigenvalue weighted by molar-refractivity contribution is -0.134. The molecule has 1 saturated carbocycles. The van der Waals surface area contributed by atoms with Crippen LogP contribution in [0.25, 0.3) is 0 Å². The van der Waals surface area contributed by atoms with Crippen LogP contribution in [-0.4, -0.2) is 39.4 Å². The summed E-state index contributed by atoms with van der Waals surface area (Å²) in [6.45, 7) is 1.41. The minimum Gasteiger partial charge on any atom is -0.327 e. The highest BCUT2D eigenvalue weighted by molar-refractivity contribution is 7.07. The van der Waals surface area contributed by atoms with E-state index in [-0.39, 0.29) is 18.4 Å². The molecule has 0 spiro atoms. The minimum absolute atomic E-state index is 0.182. The van der Waals surface area contributed by atoms with Crippen molar-refractivity contribution in [3.05, 3.63) is 16.4 Å². The van der Waals surface area contributed by atoms with Gasteiger partial charge in [-0.05, 0) is 25.7 Å². The first-order valence-electron chi connectivity index (χ1n) is 6.73. The molecule has 3 rings (SSSR count). The molecule has 7 nitrogen and oxygen atoms in total. The van der Waals surface area contributed by atoms with E-state index in [1.165, 1.54) is 11.3 Å². The number of hydrogen-bond acceptors (Lipinski definition) is 4. The van der Waals surface area contributed by atoms with Crippen LogP contribution in [0.3, 0.4) is 0 Å². The second-order valence-electron chi connectivity index (χ2n) is 5.60. The fourth-order valence-corrected chi connectivity index (χ4v) is 3.26. The van der Waals surface area contributed by atoms with E-state index < -0.39 is 17.5 Å². The molecule has 1 N–H and O–H groups in total. The van der Waals surface area contributed by atoms with E-state index in [1.54, 1.807) is 24.7 Å². The van der Waals surface area contributed by atoms with Crippen molar-refractivity contribution in [2.45, 2.75) is 25.3 Å². The summed E-state index contributed by atoms with van der Waals surface area (Å²) in [7, 11) is 1.78. The summed E-state index contributed by atoms with van der Waals surface area (Å²) in [5, 5.41) is 4.52. The molecule has 4 amide bonds. The Morgan fingerprint density at radius 3 is 2.81 bits per heavy atom. The molecule has 1 aliphatic heterocycles. The molecular formula is C13H16N4O3S. The van der Waals surface area contributed by atoms with Gasteiger partial charge in [-0.2, -0.15) is 4.99 Å². The highest BCUT2D eigenvalue weighted by Gasteiger charge is 2.56. The number of nitrogens with one attached hydrogen (secondary N) is 1. The molecule has 2 fully saturated rings. The summed E-state index contributed by atoms with van der Waals surface area (Å²) in [5.41, 5.74) is -0.856. The fraction of sp³-hybridized carbons (Fsp3) is 0.538. The molecule has 0 aromatic carbocycles. The number of amides is 4. The van der Waals surface area contributed by atoms with Crippen molar-refractivity contribution in [1.29, 1.82) is 0 Å². The standard InChI is InChI=1S/C13H16N4O3S/c1-13(8-3-4-8)10(19)17(11(20)15-13)7-9(18)14-12-16(2)5-6-21-12/h5-6,8H,3-4,7H2,1-2H3,(H,15,20). The van der Waals surface area contributed by atoms with E-state index in [4.69, 9.17) is 0 Å². The van der Waals surface area contributed by atoms with Gasteiger partial charge >= 0.3 is 6.03 Å². The Balaban J connectivity index is 1.76. The summed E-state index contributed by atoms with van der Waals surface area (Å²) < 4.78 is 1.71. The number of urea groups is 1. The number of nitrogens with zero attached hydrogens (tertiary/aromatic N) is 3. The second-order valence-corrected chi connectivity index (χ2v) is 6.47. The minimum atomic E-state index is -0.856. The summed E-state index contributed by atoms with van der Waals surface area (Å²) in [4.78, 5) is 41.7. The maximum atomic E-state index is 12.4. The molecule has 1 saturated heterocycles. The van der Waals surface area contributed by atoms with Crippen LogP contribution >= 0.6 is 11.3 Å². The monoisotopic (exact) mass is 308 g/mol. The van der Waals surface area contributed by atoms with Crippen molar-refractivity contribution in [3.8, 4) is 0 Å². The van der Waals surface area contributed by atoms with Crippen LogP contribution in [0, 0.1) is 5.92 Å². The predicted octanol–water partition coefficient (Wildman–Crippen LogP) is 0.234. The molecule has 1 unspecified atom stereocenters. The van der Waals surface area contributed by atoms with Gasteiger partial charge < -0.3 is 9.88 Å². The normalized spacial score (nSPS) is 26.4. The molecule has 2 heterocycles. The van der Waals surface area contributed by atoms with Crippen molar-refractivity contribution < 1.29 is 14.4 Å². The number of carbonyl (C=O) groups excluding carboxylic acids is 3. The molecule has 1 aromatic rings. The van der Waals surface area contributed by atoms with E-state index in [0.717, 1.165) is 17.7 Å². The smallest absolute Gasteiger partial charge is 0.325 e. The summed E-state index contributed by atoms with van der Waals surface area (Å²) in [5.74, 6) is -0.646. The first-order chi connectivity index (χ1) is 9.91. The van der Waals surface area contributed by atoms with Gasteiger partial charge in [0.25, 0.3) is 11.8 Å². The Hall–Kier alpha value is -1.96. The Labute approximate surface area is 125 Å². The maximum Gasteiger partial charge on any atom is 0.325 e. The number of carbonyl (C=O) groups is 3. The number of rotatable bonds is 3. The molecule has 8 heteroatoms. The average molecular weight is 308 g/mol. The van der Waals surface area contributed by atoms with Crippen molar-refractivity contribution in [2.75, 3.05) is 6.54 Å². The van der Waals surface area contributed by atoms with Gasteiger partial charge in [0.05, 0.1) is 0 Å². The third kappa shape index (κ3) is 2.39. The van der Waals surface area contributed by atoms with Crippen molar-refractivity contribution in [3.63, 3.8) is 0 Å². The maximum absolute atomic E-state index is 12.4. The fourth-order valence-electron chi connectivity index (χ4n) is 2.51. The summed E-state index contributed by atoms with van der Waals surface area (Å²) in [6.07, 6.45) is 3.65. The highest BCUT2D eigenvalue weighted by atomic mass is 32.1. The molecular weight excluding hydrogens is 292 g/mol. The average Bonchev–Trinajstić information content (AvgIpc) is 3.17. The number of aromatic nitrogens is 1. The Morgan fingerprint density at radius 1 is 1.52 bits per heavy atom. The van der Waals surface area contributed by atoms with Gasteiger partial charge in [0.2, 0.25) is 0 Å². The zero-order valence-electron chi connectivity index (χ0n) is 11.8. The molecule has 0 radical (unpaired) electrons. The second kappa shape index (κ2) is 4.80. The molecule has 1 aromatic heterocycles. The third-order valence-corrected chi connectivity index (χ3v) is 4.82. The highest BCUT2D eigenvalue weighted by Crippen LogP contribution is 2.42. The van der Waals surface area contributed by atoms with Crippen molar-refractivity contribution >= 4 is 29.2 Å². The van der Waals surface area contributed by atoms with Crippen LogP contribution in [0.4, 0.5) is 4.79 Å². The zero-order valence-corrected chi connectivity index (χ0v) is 12.6. The van der Waals surface area contributed by atoms with E-state index in [0.29, 0.717) is 4.80 Å². The van der Waals surface area contributed by atoms with Crippen LogP contribution in [0.15, 0.2) is 16.6 Å². The first-order valence-corrected chi connectivity index (χ1v) is 7.61. The van der Waals surface area contributed by atoms with E-state index in [2.05, 4.69) is 10.3 Å². The summed E-state index contributed by atoms with van der Waals surface area (Å²) in [6, 6.07) is -0.506. The van der Waals surface area contributed by atoms with E-state index in [9.17, 15) is 14.4 Å². The molecule has 21 heavy (non-hydrogen) atoms. The van der Waals surface area contributed by atoms with Crippen LogP contribution in [-0.2, 0) is 16.6 Å². The lowest BCUT2D eigenvalue weighted by atomic mass is 9.96. The van der Waals surface area contributed by atoms with E-state index in [1.807, 2.05) is 5.38 Å². The van der Waals surface area contributed by atoms with Gasteiger partial charge in [-0.15, -0.1) is 11.3 Å². The Morgan fingerprint density at radius 2 is 2.24 bits per heavy atom. The molecule has 1 aliphatic carbocycles. The first kappa shape index (κ1) is 14.0. The molecule has 112 valence electrons. The largest absolute Gasteiger partial charge is 0.327 e. The van der Waals surface area contributed by atoms with Gasteiger partial charge in [0.1, 0.15) is 12.1 Å².